The van der Waals surface area contributed by atoms with Gasteiger partial charge in [0, 0.05) is 0 Å². The summed E-state index contributed by atoms with van der Waals surface area (Å²) in [4.78, 5) is 7.55. The van der Waals surface area contributed by atoms with Crippen molar-refractivity contribution in [3.05, 3.63) is 47.7 Å². The quantitative estimate of drug-likeness (QED) is 0.769. The first-order valence-electron chi connectivity index (χ1n) is 4.38. The molecule has 0 bridgehead atoms. The number of hydrogen-bond donors (Lipinski definition) is 0. The molecule has 2 rings (SSSR count). The van der Waals surface area contributed by atoms with Crippen LogP contribution in [0.3, 0.4) is 0 Å². The maximum Gasteiger partial charge on any atom is 0.252 e. The molecule has 0 N–H and O–H groups in total. The molecule has 0 aliphatic rings. The molecule has 6 heteroatoms. The van der Waals surface area contributed by atoms with Gasteiger partial charge in [-0.25, -0.2) is 18.4 Å². The van der Waals surface area contributed by atoms with Crippen molar-refractivity contribution >= 4 is 21.4 Å². The minimum Gasteiger partial charge on any atom is -0.225 e. The van der Waals surface area contributed by atoms with Crippen LogP contribution in [0.4, 0.5) is 0 Å². The fraction of sp³-hybridized carbons (Fsp3) is 0. The summed E-state index contributed by atoms with van der Waals surface area (Å²) in [6, 6.07) is 8.01. The van der Waals surface area contributed by atoms with Crippen LogP contribution < -0.4 is 0 Å². The molecule has 2 aromatic rings. The Labute approximate surface area is 97.9 Å². The molecule has 82 valence electrons. The van der Waals surface area contributed by atoms with Gasteiger partial charge < -0.3 is 0 Å². The summed E-state index contributed by atoms with van der Waals surface area (Å²) in [5, 5.41) is 0.0510. The van der Waals surface area contributed by atoms with Crippen molar-refractivity contribution in [2.75, 3.05) is 0 Å². The molecule has 1 aromatic heterocycles. The SMILES string of the molecule is O=S(=O)(c1ccccc1)c1ncc(Cl)cn1. The zero-order valence-electron chi connectivity index (χ0n) is 8.04. The van der Waals surface area contributed by atoms with Crippen LogP contribution in [0.15, 0.2) is 52.8 Å². The summed E-state index contributed by atoms with van der Waals surface area (Å²) in [5.41, 5.74) is 0. The van der Waals surface area contributed by atoms with E-state index < -0.39 is 9.84 Å². The molecular formula is C10H7ClN2O2S. The van der Waals surface area contributed by atoms with Gasteiger partial charge in [-0.1, -0.05) is 29.8 Å². The summed E-state index contributed by atoms with van der Waals surface area (Å²) in [6.07, 6.45) is 2.51. The lowest BCUT2D eigenvalue weighted by atomic mass is 10.4. The van der Waals surface area contributed by atoms with Crippen LogP contribution in [0, 0.1) is 0 Å². The Morgan fingerprint density at radius 2 is 1.56 bits per heavy atom. The number of halogens is 1. The monoisotopic (exact) mass is 254 g/mol. The first-order chi connectivity index (χ1) is 7.60. The summed E-state index contributed by atoms with van der Waals surface area (Å²) in [7, 11) is -3.64. The van der Waals surface area contributed by atoms with Crippen molar-refractivity contribution in [2.24, 2.45) is 0 Å². The molecule has 0 radical (unpaired) electrons. The summed E-state index contributed by atoms with van der Waals surface area (Å²) in [5.74, 6) is 0. The molecule has 0 atom stereocenters. The molecule has 1 aromatic carbocycles. The number of hydrogen-bond acceptors (Lipinski definition) is 4. The van der Waals surface area contributed by atoms with Gasteiger partial charge in [-0.2, -0.15) is 0 Å². The van der Waals surface area contributed by atoms with Crippen molar-refractivity contribution < 1.29 is 8.42 Å². The van der Waals surface area contributed by atoms with Gasteiger partial charge in [-0.3, -0.25) is 0 Å². The van der Waals surface area contributed by atoms with Crippen LogP contribution in [0.2, 0.25) is 5.02 Å². The summed E-state index contributed by atoms with van der Waals surface area (Å²) < 4.78 is 24.0. The zero-order valence-corrected chi connectivity index (χ0v) is 9.61. The first kappa shape index (κ1) is 11.0. The van der Waals surface area contributed by atoms with Crippen molar-refractivity contribution in [3.63, 3.8) is 0 Å². The smallest absolute Gasteiger partial charge is 0.225 e. The molecule has 16 heavy (non-hydrogen) atoms. The molecule has 1 heterocycles. The third-order valence-corrected chi connectivity index (χ3v) is 3.67. The Balaban J connectivity index is 2.52. The van der Waals surface area contributed by atoms with Crippen molar-refractivity contribution in [2.45, 2.75) is 10.1 Å². The fourth-order valence-electron chi connectivity index (χ4n) is 1.14. The Kier molecular flexibility index (Phi) is 2.89. The van der Waals surface area contributed by atoms with E-state index in [2.05, 4.69) is 9.97 Å². The van der Waals surface area contributed by atoms with E-state index in [0.717, 1.165) is 0 Å². The average molecular weight is 255 g/mol. The Hall–Kier alpha value is -1.46. The maximum absolute atomic E-state index is 12.0. The molecule has 0 fully saturated rings. The Morgan fingerprint density at radius 3 is 2.12 bits per heavy atom. The first-order valence-corrected chi connectivity index (χ1v) is 6.24. The average Bonchev–Trinajstić information content (AvgIpc) is 2.31. The van der Waals surface area contributed by atoms with Crippen LogP contribution in [-0.4, -0.2) is 18.4 Å². The van der Waals surface area contributed by atoms with Crippen molar-refractivity contribution in [1.82, 2.24) is 9.97 Å². The topological polar surface area (TPSA) is 59.9 Å². The van der Waals surface area contributed by atoms with E-state index >= 15 is 0 Å². The third-order valence-electron chi connectivity index (χ3n) is 1.89. The van der Waals surface area contributed by atoms with Crippen LogP contribution in [0.5, 0.6) is 0 Å². The molecule has 0 unspecified atom stereocenters. The zero-order chi connectivity index (χ0) is 11.6. The van der Waals surface area contributed by atoms with Gasteiger partial charge >= 0.3 is 0 Å². The highest BCUT2D eigenvalue weighted by Gasteiger charge is 2.19. The highest BCUT2D eigenvalue weighted by atomic mass is 35.5. The standard InChI is InChI=1S/C10H7ClN2O2S/c11-8-6-12-10(13-7-8)16(14,15)9-4-2-1-3-5-9/h1-7H. The van der Waals surface area contributed by atoms with Gasteiger partial charge in [-0.15, -0.1) is 0 Å². The molecule has 4 nitrogen and oxygen atoms in total. The number of rotatable bonds is 2. The lowest BCUT2D eigenvalue weighted by molar-refractivity contribution is 0.587. The molecule has 0 aliphatic carbocycles. The number of aromatic nitrogens is 2. The van der Waals surface area contributed by atoms with Crippen LogP contribution in [0.1, 0.15) is 0 Å². The van der Waals surface area contributed by atoms with E-state index in [-0.39, 0.29) is 10.1 Å². The maximum atomic E-state index is 12.0. The lowest BCUT2D eigenvalue weighted by Gasteiger charge is -2.01. The predicted octanol–water partition coefficient (Wildman–Crippen LogP) is 1.96. The molecule has 0 saturated heterocycles. The van der Waals surface area contributed by atoms with Gasteiger partial charge in [-0.05, 0) is 12.1 Å². The summed E-state index contributed by atoms with van der Waals surface area (Å²) in [6.45, 7) is 0. The van der Waals surface area contributed by atoms with Gasteiger partial charge in [0.2, 0.25) is 9.84 Å². The minimum atomic E-state index is -3.64. The normalized spacial score (nSPS) is 11.3. The van der Waals surface area contributed by atoms with Gasteiger partial charge in [0.25, 0.3) is 5.16 Å². The van der Waals surface area contributed by atoms with Crippen LogP contribution in [0.25, 0.3) is 0 Å². The largest absolute Gasteiger partial charge is 0.252 e. The molecule has 0 amide bonds. The Bertz CT molecular complexity index is 582. The third kappa shape index (κ3) is 2.05. The highest BCUT2D eigenvalue weighted by molar-refractivity contribution is 7.91. The molecule has 0 spiro atoms. The number of sulfone groups is 1. The lowest BCUT2D eigenvalue weighted by Crippen LogP contribution is -2.06. The van der Waals surface area contributed by atoms with E-state index in [1.807, 2.05) is 0 Å². The molecule has 0 aliphatic heterocycles. The van der Waals surface area contributed by atoms with Gasteiger partial charge in [0.1, 0.15) is 0 Å². The minimum absolute atomic E-state index is 0.164. The van der Waals surface area contributed by atoms with E-state index in [1.54, 1.807) is 18.2 Å². The second-order valence-electron chi connectivity index (χ2n) is 3.00. The van der Waals surface area contributed by atoms with Crippen LogP contribution >= 0.6 is 11.6 Å². The molecule has 0 saturated carbocycles. The molecular weight excluding hydrogens is 248 g/mol. The van der Waals surface area contributed by atoms with E-state index in [1.165, 1.54) is 24.5 Å². The van der Waals surface area contributed by atoms with Gasteiger partial charge in [0.15, 0.2) is 0 Å². The Morgan fingerprint density at radius 1 is 1.00 bits per heavy atom. The summed E-state index contributed by atoms with van der Waals surface area (Å²) >= 11 is 5.59. The second kappa shape index (κ2) is 4.19. The highest BCUT2D eigenvalue weighted by Crippen LogP contribution is 2.17. The fourth-order valence-corrected chi connectivity index (χ4v) is 2.35. The number of nitrogens with zero attached hydrogens (tertiary/aromatic N) is 2. The van der Waals surface area contributed by atoms with Crippen LogP contribution in [-0.2, 0) is 9.84 Å². The predicted molar refractivity (Wildman–Crippen MR) is 58.9 cm³/mol. The van der Waals surface area contributed by atoms with Crippen molar-refractivity contribution in [3.8, 4) is 0 Å². The van der Waals surface area contributed by atoms with E-state index in [9.17, 15) is 8.42 Å². The number of benzene rings is 1. The van der Waals surface area contributed by atoms with E-state index in [4.69, 9.17) is 11.6 Å². The van der Waals surface area contributed by atoms with Crippen molar-refractivity contribution in [1.29, 1.82) is 0 Å². The van der Waals surface area contributed by atoms with Gasteiger partial charge in [0.05, 0.1) is 22.3 Å². The second-order valence-corrected chi connectivity index (χ2v) is 5.28. The van der Waals surface area contributed by atoms with E-state index in [0.29, 0.717) is 5.02 Å².